The van der Waals surface area contributed by atoms with Crippen molar-refractivity contribution in [1.29, 1.82) is 0 Å². The fourth-order valence-electron chi connectivity index (χ4n) is 1.80. The number of aliphatic hydroxyl groups is 1. The number of thioether (sulfide) groups is 1. The lowest BCUT2D eigenvalue weighted by molar-refractivity contribution is -0.00520. The molecule has 1 atom stereocenters. The predicted molar refractivity (Wildman–Crippen MR) is 65.5 cm³/mol. The molecule has 1 aliphatic carbocycles. The summed E-state index contributed by atoms with van der Waals surface area (Å²) in [4.78, 5) is 0. The second kappa shape index (κ2) is 8.39. The molecule has 0 spiro atoms. The molecule has 2 N–H and O–H groups in total. The number of ether oxygens (including phenoxy) is 1. The lowest BCUT2D eigenvalue weighted by atomic mass is 10.3. The van der Waals surface area contributed by atoms with Crippen LogP contribution < -0.4 is 5.32 Å². The molecule has 1 saturated carbocycles. The van der Waals surface area contributed by atoms with Crippen LogP contribution in [0, 0.1) is 0 Å². The summed E-state index contributed by atoms with van der Waals surface area (Å²) in [5, 5.41) is 12.8. The summed E-state index contributed by atoms with van der Waals surface area (Å²) in [6, 6.07) is 0. The van der Waals surface area contributed by atoms with Crippen molar-refractivity contribution in [1.82, 2.24) is 5.32 Å². The Morgan fingerprint density at radius 2 is 2.20 bits per heavy atom. The van der Waals surface area contributed by atoms with Crippen LogP contribution in [0.5, 0.6) is 0 Å². The summed E-state index contributed by atoms with van der Waals surface area (Å²) < 4.78 is 5.63. The Kier molecular flexibility index (Phi) is 7.44. The van der Waals surface area contributed by atoms with Crippen LogP contribution in [0.15, 0.2) is 0 Å². The molecule has 0 bridgehead atoms. The predicted octanol–water partition coefficient (Wildman–Crippen LogP) is 1.26. The normalized spacial score (nSPS) is 19.6. The largest absolute Gasteiger partial charge is 0.389 e. The van der Waals surface area contributed by atoms with Gasteiger partial charge >= 0.3 is 0 Å². The average molecular weight is 233 g/mol. The summed E-state index contributed by atoms with van der Waals surface area (Å²) in [7, 11) is 0. The lowest BCUT2D eigenvalue weighted by Gasteiger charge is -2.15. The molecular weight excluding hydrogens is 210 g/mol. The van der Waals surface area contributed by atoms with Gasteiger partial charge in [0, 0.05) is 18.8 Å². The van der Waals surface area contributed by atoms with E-state index in [1.165, 1.54) is 25.7 Å². The maximum atomic E-state index is 9.61. The van der Waals surface area contributed by atoms with Crippen LogP contribution in [0.2, 0.25) is 0 Å². The van der Waals surface area contributed by atoms with Crippen molar-refractivity contribution in [2.75, 3.05) is 31.7 Å². The van der Waals surface area contributed by atoms with E-state index in [9.17, 15) is 5.11 Å². The molecule has 0 aromatic rings. The van der Waals surface area contributed by atoms with E-state index in [4.69, 9.17) is 4.74 Å². The van der Waals surface area contributed by atoms with Gasteiger partial charge in [0.15, 0.2) is 0 Å². The van der Waals surface area contributed by atoms with Crippen molar-refractivity contribution in [2.45, 2.75) is 37.9 Å². The summed E-state index contributed by atoms with van der Waals surface area (Å²) in [5.74, 6) is 1.09. The van der Waals surface area contributed by atoms with Gasteiger partial charge in [0.2, 0.25) is 0 Å². The van der Waals surface area contributed by atoms with Crippen molar-refractivity contribution in [2.24, 2.45) is 0 Å². The number of nitrogens with one attached hydrogen (secondary N) is 1. The Morgan fingerprint density at radius 1 is 1.47 bits per heavy atom. The zero-order valence-electron chi connectivity index (χ0n) is 9.58. The molecule has 0 amide bonds. The van der Waals surface area contributed by atoms with Crippen molar-refractivity contribution in [3.8, 4) is 0 Å². The molecule has 90 valence electrons. The third-order valence-corrected chi connectivity index (χ3v) is 3.30. The minimum absolute atomic E-state index is 0.354. The average Bonchev–Trinajstić information content (AvgIpc) is 2.74. The number of aliphatic hydroxyl groups excluding tert-OH is 1. The fourth-order valence-corrected chi connectivity index (χ4v) is 2.15. The van der Waals surface area contributed by atoms with Crippen molar-refractivity contribution >= 4 is 11.8 Å². The molecule has 1 fully saturated rings. The van der Waals surface area contributed by atoms with E-state index >= 15 is 0 Å². The monoisotopic (exact) mass is 233 g/mol. The molecule has 1 unspecified atom stereocenters. The third kappa shape index (κ3) is 6.40. The molecule has 0 radical (unpaired) electrons. The fraction of sp³-hybridized carbons (Fsp3) is 1.00. The second-order valence-corrected chi connectivity index (χ2v) is 5.08. The van der Waals surface area contributed by atoms with Crippen molar-refractivity contribution in [3.05, 3.63) is 0 Å². The molecule has 0 aliphatic heterocycles. The van der Waals surface area contributed by atoms with Gasteiger partial charge < -0.3 is 15.2 Å². The first-order valence-electron chi connectivity index (χ1n) is 5.82. The van der Waals surface area contributed by atoms with Gasteiger partial charge in [0.05, 0.1) is 18.8 Å². The highest BCUT2D eigenvalue weighted by Crippen LogP contribution is 2.20. The van der Waals surface area contributed by atoms with Crippen LogP contribution in [0.1, 0.15) is 25.7 Å². The van der Waals surface area contributed by atoms with E-state index in [1.807, 2.05) is 11.8 Å². The highest BCUT2D eigenvalue weighted by atomic mass is 32.2. The van der Waals surface area contributed by atoms with Gasteiger partial charge in [-0.15, -0.1) is 0 Å². The molecule has 0 heterocycles. The minimum Gasteiger partial charge on any atom is -0.389 e. The van der Waals surface area contributed by atoms with E-state index in [1.54, 1.807) is 0 Å². The summed E-state index contributed by atoms with van der Waals surface area (Å²) in [6.45, 7) is 2.09. The quantitative estimate of drug-likeness (QED) is 0.619. The molecule has 0 aromatic heterocycles. The number of hydrogen-bond acceptors (Lipinski definition) is 4. The van der Waals surface area contributed by atoms with Gasteiger partial charge in [-0.3, -0.25) is 0 Å². The Balaban J connectivity index is 1.90. The molecular formula is C11H23NO2S. The molecule has 15 heavy (non-hydrogen) atoms. The summed E-state index contributed by atoms with van der Waals surface area (Å²) >= 11 is 1.81. The molecule has 4 heteroatoms. The molecule has 0 saturated heterocycles. The van der Waals surface area contributed by atoms with Crippen molar-refractivity contribution in [3.63, 3.8) is 0 Å². The Hall–Kier alpha value is 0.230. The first-order chi connectivity index (χ1) is 7.33. The second-order valence-electron chi connectivity index (χ2n) is 4.09. The maximum Gasteiger partial charge on any atom is 0.0897 e. The van der Waals surface area contributed by atoms with Gasteiger partial charge in [0.1, 0.15) is 0 Å². The smallest absolute Gasteiger partial charge is 0.0897 e. The Labute approximate surface area is 97.0 Å². The van der Waals surface area contributed by atoms with E-state index in [0.717, 1.165) is 12.3 Å². The molecule has 1 aliphatic rings. The van der Waals surface area contributed by atoms with Crippen LogP contribution in [-0.2, 0) is 4.74 Å². The number of hydrogen-bond donors (Lipinski definition) is 2. The SMILES string of the molecule is CSCCNCC(O)COC1CCCC1. The lowest BCUT2D eigenvalue weighted by Crippen LogP contribution is -2.32. The minimum atomic E-state index is -0.354. The highest BCUT2D eigenvalue weighted by Gasteiger charge is 2.16. The van der Waals surface area contributed by atoms with Gasteiger partial charge in [0.25, 0.3) is 0 Å². The van der Waals surface area contributed by atoms with Gasteiger partial charge in [-0.05, 0) is 19.1 Å². The van der Waals surface area contributed by atoms with Crippen LogP contribution in [0.25, 0.3) is 0 Å². The van der Waals surface area contributed by atoms with E-state index < -0.39 is 0 Å². The summed E-state index contributed by atoms with van der Waals surface area (Å²) in [6.07, 6.45) is 7.05. The van der Waals surface area contributed by atoms with Gasteiger partial charge in [-0.1, -0.05) is 12.8 Å². The van der Waals surface area contributed by atoms with Crippen LogP contribution in [-0.4, -0.2) is 49.0 Å². The van der Waals surface area contributed by atoms with Crippen LogP contribution in [0.3, 0.4) is 0 Å². The molecule has 0 aromatic carbocycles. The Bertz CT molecular complexity index is 152. The topological polar surface area (TPSA) is 41.5 Å². The number of rotatable bonds is 8. The van der Waals surface area contributed by atoms with Gasteiger partial charge in [-0.25, -0.2) is 0 Å². The highest BCUT2D eigenvalue weighted by molar-refractivity contribution is 7.98. The zero-order chi connectivity index (χ0) is 10.9. The zero-order valence-corrected chi connectivity index (χ0v) is 10.4. The van der Waals surface area contributed by atoms with Crippen LogP contribution in [0.4, 0.5) is 0 Å². The van der Waals surface area contributed by atoms with Crippen LogP contribution >= 0.6 is 11.8 Å². The maximum absolute atomic E-state index is 9.61. The Morgan fingerprint density at radius 3 is 2.87 bits per heavy atom. The van der Waals surface area contributed by atoms with E-state index in [0.29, 0.717) is 19.3 Å². The van der Waals surface area contributed by atoms with Gasteiger partial charge in [-0.2, -0.15) is 11.8 Å². The summed E-state index contributed by atoms with van der Waals surface area (Å²) in [5.41, 5.74) is 0. The van der Waals surface area contributed by atoms with E-state index in [-0.39, 0.29) is 6.10 Å². The van der Waals surface area contributed by atoms with Crippen molar-refractivity contribution < 1.29 is 9.84 Å². The molecule has 1 rings (SSSR count). The third-order valence-electron chi connectivity index (χ3n) is 2.69. The van der Waals surface area contributed by atoms with E-state index in [2.05, 4.69) is 11.6 Å². The first kappa shape index (κ1) is 13.3. The molecule has 3 nitrogen and oxygen atoms in total. The standard InChI is InChI=1S/C11H23NO2S/c1-15-7-6-12-8-10(13)9-14-11-4-2-3-5-11/h10-13H,2-9H2,1H3. The first-order valence-corrected chi connectivity index (χ1v) is 7.21.